The van der Waals surface area contributed by atoms with Crippen LogP contribution in [0.1, 0.15) is 20.3 Å². The SMILES string of the molecule is CNCCC(C(=O)O)C(C)C. The molecule has 0 aromatic rings. The highest BCUT2D eigenvalue weighted by molar-refractivity contribution is 5.70. The number of nitrogens with one attached hydrogen (secondary N) is 1. The van der Waals surface area contributed by atoms with Crippen molar-refractivity contribution in [3.05, 3.63) is 0 Å². The third-order valence-corrected chi connectivity index (χ3v) is 1.83. The maximum Gasteiger partial charge on any atom is 0.306 e. The van der Waals surface area contributed by atoms with Crippen LogP contribution in [0.3, 0.4) is 0 Å². The molecule has 3 nitrogen and oxygen atoms in total. The average molecular weight is 159 g/mol. The van der Waals surface area contributed by atoms with Gasteiger partial charge >= 0.3 is 5.97 Å². The van der Waals surface area contributed by atoms with E-state index in [0.717, 1.165) is 6.54 Å². The van der Waals surface area contributed by atoms with Crippen molar-refractivity contribution in [2.75, 3.05) is 13.6 Å². The van der Waals surface area contributed by atoms with Gasteiger partial charge in [-0.1, -0.05) is 13.8 Å². The molecule has 0 heterocycles. The Bertz CT molecular complexity index is 123. The van der Waals surface area contributed by atoms with Crippen LogP contribution in [-0.4, -0.2) is 24.7 Å². The van der Waals surface area contributed by atoms with E-state index in [0.29, 0.717) is 6.42 Å². The molecule has 0 aliphatic heterocycles. The summed E-state index contributed by atoms with van der Waals surface area (Å²) in [5, 5.41) is 11.7. The van der Waals surface area contributed by atoms with E-state index in [1.54, 1.807) is 0 Å². The molecule has 66 valence electrons. The summed E-state index contributed by atoms with van der Waals surface area (Å²) in [5.74, 6) is -0.668. The monoisotopic (exact) mass is 159 g/mol. The third kappa shape index (κ3) is 3.98. The zero-order valence-corrected chi connectivity index (χ0v) is 7.42. The molecule has 0 bridgehead atoms. The first-order chi connectivity index (χ1) is 5.09. The Labute approximate surface area is 67.8 Å². The van der Waals surface area contributed by atoms with Crippen LogP contribution in [0.5, 0.6) is 0 Å². The summed E-state index contributed by atoms with van der Waals surface area (Å²) in [6, 6.07) is 0. The first-order valence-electron chi connectivity index (χ1n) is 3.97. The highest BCUT2D eigenvalue weighted by Gasteiger charge is 2.19. The zero-order valence-electron chi connectivity index (χ0n) is 7.42. The van der Waals surface area contributed by atoms with Gasteiger partial charge < -0.3 is 10.4 Å². The van der Waals surface area contributed by atoms with Crippen molar-refractivity contribution in [1.29, 1.82) is 0 Å². The number of hydrogen-bond donors (Lipinski definition) is 2. The molecule has 0 fully saturated rings. The fraction of sp³-hybridized carbons (Fsp3) is 0.875. The summed E-state index contributed by atoms with van der Waals surface area (Å²) >= 11 is 0. The Hall–Kier alpha value is -0.570. The molecule has 0 spiro atoms. The van der Waals surface area contributed by atoms with Gasteiger partial charge in [0, 0.05) is 0 Å². The molecule has 0 aliphatic carbocycles. The van der Waals surface area contributed by atoms with Crippen molar-refractivity contribution in [2.24, 2.45) is 11.8 Å². The van der Waals surface area contributed by atoms with Crippen molar-refractivity contribution in [3.63, 3.8) is 0 Å². The van der Waals surface area contributed by atoms with Gasteiger partial charge in [-0.25, -0.2) is 0 Å². The Morgan fingerprint density at radius 1 is 1.55 bits per heavy atom. The summed E-state index contributed by atoms with van der Waals surface area (Å²) in [4.78, 5) is 10.6. The third-order valence-electron chi connectivity index (χ3n) is 1.83. The quantitative estimate of drug-likeness (QED) is 0.628. The normalized spacial score (nSPS) is 13.5. The van der Waals surface area contributed by atoms with E-state index < -0.39 is 5.97 Å². The molecule has 0 amide bonds. The predicted molar refractivity (Wildman–Crippen MR) is 44.5 cm³/mol. The molecule has 0 aromatic heterocycles. The highest BCUT2D eigenvalue weighted by Crippen LogP contribution is 2.14. The fourth-order valence-electron chi connectivity index (χ4n) is 1.04. The van der Waals surface area contributed by atoms with Crippen molar-refractivity contribution < 1.29 is 9.90 Å². The van der Waals surface area contributed by atoms with E-state index in [-0.39, 0.29) is 11.8 Å². The van der Waals surface area contributed by atoms with Gasteiger partial charge in [-0.2, -0.15) is 0 Å². The van der Waals surface area contributed by atoms with E-state index in [1.807, 2.05) is 20.9 Å². The maximum absolute atomic E-state index is 10.6. The first-order valence-corrected chi connectivity index (χ1v) is 3.97. The van der Waals surface area contributed by atoms with E-state index in [1.165, 1.54) is 0 Å². The number of hydrogen-bond acceptors (Lipinski definition) is 2. The summed E-state index contributed by atoms with van der Waals surface area (Å²) in [6.45, 7) is 4.65. The van der Waals surface area contributed by atoms with Gasteiger partial charge in [0.25, 0.3) is 0 Å². The molecule has 3 heteroatoms. The fourth-order valence-corrected chi connectivity index (χ4v) is 1.04. The second-order valence-corrected chi connectivity index (χ2v) is 3.08. The summed E-state index contributed by atoms with van der Waals surface area (Å²) in [5.41, 5.74) is 0. The number of rotatable bonds is 5. The van der Waals surface area contributed by atoms with Gasteiger partial charge in [-0.05, 0) is 25.9 Å². The lowest BCUT2D eigenvalue weighted by Crippen LogP contribution is -2.24. The number of aliphatic carboxylic acids is 1. The molecular weight excluding hydrogens is 142 g/mol. The molecule has 2 N–H and O–H groups in total. The average Bonchev–Trinajstić information content (AvgIpc) is 1.87. The molecule has 11 heavy (non-hydrogen) atoms. The van der Waals surface area contributed by atoms with E-state index in [9.17, 15) is 4.79 Å². The summed E-state index contributed by atoms with van der Waals surface area (Å²) in [6.07, 6.45) is 0.712. The molecular formula is C8H17NO2. The van der Waals surface area contributed by atoms with Crippen LogP contribution in [0.15, 0.2) is 0 Å². The van der Waals surface area contributed by atoms with E-state index in [2.05, 4.69) is 5.32 Å². The lowest BCUT2D eigenvalue weighted by atomic mass is 9.93. The van der Waals surface area contributed by atoms with Crippen LogP contribution < -0.4 is 5.32 Å². The number of carboxylic acids is 1. The smallest absolute Gasteiger partial charge is 0.306 e. The molecule has 0 aromatic carbocycles. The van der Waals surface area contributed by atoms with Gasteiger partial charge in [0.05, 0.1) is 5.92 Å². The Balaban J connectivity index is 3.80. The summed E-state index contributed by atoms with van der Waals surface area (Å²) < 4.78 is 0. The van der Waals surface area contributed by atoms with Crippen molar-refractivity contribution in [2.45, 2.75) is 20.3 Å². The van der Waals surface area contributed by atoms with Crippen molar-refractivity contribution in [1.82, 2.24) is 5.32 Å². The minimum absolute atomic E-state index is 0.206. The molecule has 1 atom stereocenters. The second-order valence-electron chi connectivity index (χ2n) is 3.08. The molecule has 0 aliphatic rings. The molecule has 0 saturated heterocycles. The number of carboxylic acid groups (broad SMARTS) is 1. The predicted octanol–water partition coefficient (Wildman–Crippen LogP) is 0.953. The van der Waals surface area contributed by atoms with Crippen LogP contribution in [0.4, 0.5) is 0 Å². The number of carbonyl (C=O) groups is 1. The lowest BCUT2D eigenvalue weighted by Gasteiger charge is -2.15. The minimum atomic E-state index is -0.685. The van der Waals surface area contributed by atoms with Gasteiger partial charge in [0.1, 0.15) is 0 Å². The molecule has 1 unspecified atom stereocenters. The molecule has 0 radical (unpaired) electrons. The Morgan fingerprint density at radius 3 is 2.36 bits per heavy atom. The molecule has 0 saturated carbocycles. The van der Waals surface area contributed by atoms with E-state index >= 15 is 0 Å². The second kappa shape index (κ2) is 5.13. The van der Waals surface area contributed by atoms with Crippen LogP contribution in [-0.2, 0) is 4.79 Å². The minimum Gasteiger partial charge on any atom is -0.481 e. The standard InChI is InChI=1S/C8H17NO2/c1-6(2)7(8(10)11)4-5-9-3/h6-7,9H,4-5H2,1-3H3,(H,10,11). The topological polar surface area (TPSA) is 49.3 Å². The van der Waals surface area contributed by atoms with Crippen LogP contribution in [0.25, 0.3) is 0 Å². The Kier molecular flexibility index (Phi) is 4.86. The van der Waals surface area contributed by atoms with Crippen LogP contribution >= 0.6 is 0 Å². The largest absolute Gasteiger partial charge is 0.481 e. The first kappa shape index (κ1) is 10.4. The van der Waals surface area contributed by atoms with Crippen molar-refractivity contribution in [3.8, 4) is 0 Å². The lowest BCUT2D eigenvalue weighted by molar-refractivity contribution is -0.143. The van der Waals surface area contributed by atoms with Gasteiger partial charge in [0.15, 0.2) is 0 Å². The van der Waals surface area contributed by atoms with Gasteiger partial charge in [-0.3, -0.25) is 4.79 Å². The van der Waals surface area contributed by atoms with Crippen LogP contribution in [0.2, 0.25) is 0 Å². The Morgan fingerprint density at radius 2 is 2.09 bits per heavy atom. The van der Waals surface area contributed by atoms with Crippen molar-refractivity contribution >= 4 is 5.97 Å². The van der Waals surface area contributed by atoms with Crippen LogP contribution in [0, 0.1) is 11.8 Å². The highest BCUT2D eigenvalue weighted by atomic mass is 16.4. The molecule has 0 rings (SSSR count). The maximum atomic E-state index is 10.6. The van der Waals surface area contributed by atoms with E-state index in [4.69, 9.17) is 5.11 Å². The van der Waals surface area contributed by atoms with Gasteiger partial charge in [0.2, 0.25) is 0 Å². The summed E-state index contributed by atoms with van der Waals surface area (Å²) in [7, 11) is 1.83. The zero-order chi connectivity index (χ0) is 8.85. The van der Waals surface area contributed by atoms with Gasteiger partial charge in [-0.15, -0.1) is 0 Å².